The van der Waals surface area contributed by atoms with Crippen LogP contribution in [0.25, 0.3) is 20.4 Å². The molecular weight excluding hydrogens is 340 g/mol. The first-order valence-electron chi connectivity index (χ1n) is 7.41. The molecule has 5 nitrogen and oxygen atoms in total. The Balaban J connectivity index is 1.47. The molecule has 0 saturated carbocycles. The van der Waals surface area contributed by atoms with Gasteiger partial charge in [0.25, 0.3) is 0 Å². The van der Waals surface area contributed by atoms with E-state index in [1.807, 2.05) is 48.5 Å². The van der Waals surface area contributed by atoms with E-state index in [1.165, 1.54) is 11.3 Å². The van der Waals surface area contributed by atoms with Crippen LogP contribution in [0.5, 0.6) is 0 Å². The van der Waals surface area contributed by atoms with Gasteiger partial charge >= 0.3 is 6.03 Å². The van der Waals surface area contributed by atoms with Crippen molar-refractivity contribution >= 4 is 54.3 Å². The smallest absolute Gasteiger partial charge is 0.321 e. The number of carbonyl (C=O) groups excluding carboxylic acids is 1. The van der Waals surface area contributed by atoms with E-state index in [1.54, 1.807) is 23.3 Å². The Labute approximate surface area is 146 Å². The highest BCUT2D eigenvalue weighted by atomic mass is 32.1. The molecule has 4 aromatic rings. The van der Waals surface area contributed by atoms with Gasteiger partial charge in [-0.3, -0.25) is 5.32 Å². The second kappa shape index (κ2) is 6.18. The molecule has 7 heteroatoms. The molecule has 120 valence electrons. The molecular formula is C17H14N4OS2. The number of carbonyl (C=O) groups is 1. The molecule has 0 aliphatic carbocycles. The number of para-hydroxylation sites is 2. The first-order valence-corrected chi connectivity index (χ1v) is 9.04. The molecule has 2 heterocycles. The molecule has 0 bridgehead atoms. The topological polar surface area (TPSA) is 58.1 Å². The van der Waals surface area contributed by atoms with Gasteiger partial charge in [0.15, 0.2) is 5.13 Å². The predicted octanol–water partition coefficient (Wildman–Crippen LogP) is 4.57. The number of urea groups is 1. The molecule has 2 amide bonds. The average Bonchev–Trinajstić information content (AvgIpc) is 3.16. The molecule has 0 radical (unpaired) electrons. The van der Waals surface area contributed by atoms with E-state index < -0.39 is 0 Å². The lowest BCUT2D eigenvalue weighted by Crippen LogP contribution is -2.30. The van der Waals surface area contributed by atoms with Crippen molar-refractivity contribution in [3.63, 3.8) is 0 Å². The lowest BCUT2D eigenvalue weighted by atomic mass is 10.3. The van der Waals surface area contributed by atoms with E-state index in [2.05, 4.69) is 15.3 Å². The summed E-state index contributed by atoms with van der Waals surface area (Å²) in [4.78, 5) is 23.0. The van der Waals surface area contributed by atoms with E-state index in [-0.39, 0.29) is 6.03 Å². The van der Waals surface area contributed by atoms with Gasteiger partial charge in [0.05, 0.1) is 27.0 Å². The lowest BCUT2D eigenvalue weighted by Gasteiger charge is -2.15. The highest BCUT2D eigenvalue weighted by Gasteiger charge is 2.14. The second-order valence-corrected chi connectivity index (χ2v) is 7.49. The van der Waals surface area contributed by atoms with E-state index in [9.17, 15) is 4.79 Å². The number of aromatic nitrogens is 2. The molecule has 0 atom stereocenters. The number of hydrogen-bond acceptors (Lipinski definition) is 5. The van der Waals surface area contributed by atoms with Crippen LogP contribution in [0.3, 0.4) is 0 Å². The van der Waals surface area contributed by atoms with Gasteiger partial charge in [0.2, 0.25) is 0 Å². The number of nitrogens with zero attached hydrogens (tertiary/aromatic N) is 3. The number of fused-ring (bicyclic) bond motifs is 2. The third kappa shape index (κ3) is 2.95. The summed E-state index contributed by atoms with van der Waals surface area (Å²) >= 11 is 3.08. The van der Waals surface area contributed by atoms with Crippen LogP contribution in [0, 0.1) is 0 Å². The molecule has 4 rings (SSSR count). The highest BCUT2D eigenvalue weighted by Crippen LogP contribution is 2.26. The summed E-state index contributed by atoms with van der Waals surface area (Å²) in [5, 5.41) is 4.38. The van der Waals surface area contributed by atoms with Crippen LogP contribution < -0.4 is 5.32 Å². The maximum atomic E-state index is 12.4. The Morgan fingerprint density at radius 3 is 2.29 bits per heavy atom. The van der Waals surface area contributed by atoms with Gasteiger partial charge in [-0.1, -0.05) is 35.6 Å². The maximum absolute atomic E-state index is 12.4. The summed E-state index contributed by atoms with van der Waals surface area (Å²) < 4.78 is 2.19. The zero-order chi connectivity index (χ0) is 16.5. The molecule has 24 heavy (non-hydrogen) atoms. The Morgan fingerprint density at radius 2 is 1.62 bits per heavy atom. The van der Waals surface area contributed by atoms with E-state index in [0.29, 0.717) is 11.7 Å². The van der Waals surface area contributed by atoms with E-state index in [4.69, 9.17) is 0 Å². The van der Waals surface area contributed by atoms with Crippen molar-refractivity contribution < 1.29 is 4.79 Å². The van der Waals surface area contributed by atoms with Crippen LogP contribution in [0.1, 0.15) is 5.01 Å². The lowest BCUT2D eigenvalue weighted by molar-refractivity contribution is 0.220. The van der Waals surface area contributed by atoms with Gasteiger partial charge in [-0.2, -0.15) is 0 Å². The third-order valence-corrected chi connectivity index (χ3v) is 5.54. The normalized spacial score (nSPS) is 11.0. The number of rotatable bonds is 3. The minimum Gasteiger partial charge on any atom is -0.321 e. The van der Waals surface area contributed by atoms with Crippen LogP contribution in [0.4, 0.5) is 9.93 Å². The Hall–Kier alpha value is -2.51. The van der Waals surface area contributed by atoms with Gasteiger partial charge in [-0.05, 0) is 24.3 Å². The monoisotopic (exact) mass is 354 g/mol. The summed E-state index contributed by atoms with van der Waals surface area (Å²) in [7, 11) is 1.76. The van der Waals surface area contributed by atoms with Gasteiger partial charge in [0, 0.05) is 7.05 Å². The van der Waals surface area contributed by atoms with Crippen molar-refractivity contribution in [1.29, 1.82) is 0 Å². The zero-order valence-electron chi connectivity index (χ0n) is 12.9. The van der Waals surface area contributed by atoms with E-state index in [0.717, 1.165) is 25.4 Å². The standard InChI is InChI=1S/C17H14N4OS2/c1-21(10-15-18-11-6-2-4-8-13(11)23-15)17(22)20-16-19-12-7-3-5-9-14(12)24-16/h2-9H,10H2,1H3,(H,19,20,22). The number of nitrogens with one attached hydrogen (secondary N) is 1. The van der Waals surface area contributed by atoms with Crippen molar-refractivity contribution in [2.75, 3.05) is 12.4 Å². The Morgan fingerprint density at radius 1 is 1.00 bits per heavy atom. The minimum atomic E-state index is -0.187. The Bertz CT molecular complexity index is 957. The number of amides is 2. The molecule has 0 saturated heterocycles. The number of benzene rings is 2. The molecule has 0 spiro atoms. The van der Waals surface area contributed by atoms with Gasteiger partial charge in [-0.25, -0.2) is 14.8 Å². The minimum absolute atomic E-state index is 0.187. The SMILES string of the molecule is CN(Cc1nc2ccccc2s1)C(=O)Nc1nc2ccccc2s1. The van der Waals surface area contributed by atoms with Crippen LogP contribution in [-0.4, -0.2) is 27.9 Å². The highest BCUT2D eigenvalue weighted by molar-refractivity contribution is 7.22. The maximum Gasteiger partial charge on any atom is 0.323 e. The number of hydrogen-bond donors (Lipinski definition) is 1. The molecule has 2 aromatic heterocycles. The predicted molar refractivity (Wildman–Crippen MR) is 99.7 cm³/mol. The third-order valence-electron chi connectivity index (χ3n) is 3.57. The summed E-state index contributed by atoms with van der Waals surface area (Å²) in [6.07, 6.45) is 0. The summed E-state index contributed by atoms with van der Waals surface area (Å²) in [5.74, 6) is 0. The molecule has 0 aliphatic heterocycles. The first-order chi connectivity index (χ1) is 11.7. The summed E-state index contributed by atoms with van der Waals surface area (Å²) in [6, 6.07) is 15.6. The van der Waals surface area contributed by atoms with Gasteiger partial charge in [-0.15, -0.1) is 11.3 Å². The zero-order valence-corrected chi connectivity index (χ0v) is 14.5. The van der Waals surface area contributed by atoms with Crippen molar-refractivity contribution in [2.45, 2.75) is 6.54 Å². The van der Waals surface area contributed by atoms with Crippen molar-refractivity contribution in [3.8, 4) is 0 Å². The van der Waals surface area contributed by atoms with Crippen molar-refractivity contribution in [1.82, 2.24) is 14.9 Å². The van der Waals surface area contributed by atoms with Crippen LogP contribution in [-0.2, 0) is 6.54 Å². The molecule has 1 N–H and O–H groups in total. The average molecular weight is 354 g/mol. The quantitative estimate of drug-likeness (QED) is 0.586. The van der Waals surface area contributed by atoms with Crippen molar-refractivity contribution in [3.05, 3.63) is 53.5 Å². The van der Waals surface area contributed by atoms with Gasteiger partial charge < -0.3 is 4.90 Å². The van der Waals surface area contributed by atoms with Crippen LogP contribution in [0.15, 0.2) is 48.5 Å². The largest absolute Gasteiger partial charge is 0.323 e. The second-order valence-electron chi connectivity index (χ2n) is 5.35. The Kier molecular flexibility index (Phi) is 3.87. The first kappa shape index (κ1) is 15.0. The fraction of sp³-hybridized carbons (Fsp3) is 0.118. The number of anilines is 1. The van der Waals surface area contributed by atoms with Crippen LogP contribution in [0.2, 0.25) is 0 Å². The van der Waals surface area contributed by atoms with E-state index >= 15 is 0 Å². The molecule has 0 aliphatic rings. The van der Waals surface area contributed by atoms with Crippen molar-refractivity contribution in [2.24, 2.45) is 0 Å². The van der Waals surface area contributed by atoms with Crippen LogP contribution >= 0.6 is 22.7 Å². The fourth-order valence-electron chi connectivity index (χ4n) is 2.37. The summed E-state index contributed by atoms with van der Waals surface area (Å²) in [5.41, 5.74) is 1.86. The molecule has 0 fully saturated rings. The molecule has 0 unspecified atom stereocenters. The number of thiazole rings is 2. The van der Waals surface area contributed by atoms with Gasteiger partial charge in [0.1, 0.15) is 5.01 Å². The molecule has 2 aromatic carbocycles. The summed E-state index contributed by atoms with van der Waals surface area (Å²) in [6.45, 7) is 0.468. The fourth-order valence-corrected chi connectivity index (χ4v) is 4.25.